The highest BCUT2D eigenvalue weighted by atomic mass is 35.5. The van der Waals surface area contributed by atoms with Crippen LogP contribution in [0.25, 0.3) is 0 Å². The summed E-state index contributed by atoms with van der Waals surface area (Å²) in [5, 5.41) is 0. The summed E-state index contributed by atoms with van der Waals surface area (Å²) >= 11 is 0. The van der Waals surface area contributed by atoms with Crippen molar-refractivity contribution in [1.29, 1.82) is 0 Å². The highest BCUT2D eigenvalue weighted by Crippen LogP contribution is 2.48. The highest BCUT2D eigenvalue weighted by Gasteiger charge is 2.39. The van der Waals surface area contributed by atoms with Gasteiger partial charge >= 0.3 is 0 Å². The van der Waals surface area contributed by atoms with Gasteiger partial charge in [0.25, 0.3) is 0 Å². The molecule has 2 heteroatoms. The van der Waals surface area contributed by atoms with Crippen LogP contribution in [0.5, 0.6) is 0 Å². The van der Waals surface area contributed by atoms with Gasteiger partial charge in [-0.2, -0.15) is 0 Å². The number of hydrogen-bond acceptors (Lipinski definition) is 1. The molecule has 0 spiro atoms. The topological polar surface area (TPSA) is 26.0 Å². The van der Waals surface area contributed by atoms with Crippen molar-refractivity contribution in [3.63, 3.8) is 0 Å². The molecule has 0 atom stereocenters. The summed E-state index contributed by atoms with van der Waals surface area (Å²) in [5.41, 5.74) is 8.91. The van der Waals surface area contributed by atoms with Gasteiger partial charge in [0.05, 0.1) is 0 Å². The van der Waals surface area contributed by atoms with Gasteiger partial charge in [0, 0.05) is 6.54 Å². The van der Waals surface area contributed by atoms with Crippen LogP contribution in [0.15, 0.2) is 24.3 Å². The quantitative estimate of drug-likeness (QED) is 0.775. The third-order valence-electron chi connectivity index (χ3n) is 2.89. The monoisotopic (exact) mass is 197 g/mol. The molecule has 2 N–H and O–H groups in total. The lowest BCUT2D eigenvalue weighted by atomic mass is 9.93. The third kappa shape index (κ3) is 1.87. The minimum Gasteiger partial charge on any atom is -0.326 e. The molecular weight excluding hydrogens is 182 g/mol. The Morgan fingerprint density at radius 3 is 2.46 bits per heavy atom. The van der Waals surface area contributed by atoms with Gasteiger partial charge in [0.15, 0.2) is 0 Å². The Bertz CT molecular complexity index is 292. The molecule has 0 heterocycles. The predicted molar refractivity (Wildman–Crippen MR) is 58.2 cm³/mol. The average molecular weight is 198 g/mol. The van der Waals surface area contributed by atoms with Gasteiger partial charge in [-0.25, -0.2) is 0 Å². The third-order valence-corrected chi connectivity index (χ3v) is 2.89. The summed E-state index contributed by atoms with van der Waals surface area (Å²) in [6, 6.07) is 8.53. The zero-order chi connectivity index (χ0) is 8.60. The molecule has 0 aromatic heterocycles. The summed E-state index contributed by atoms with van der Waals surface area (Å²) < 4.78 is 0. The largest absolute Gasteiger partial charge is 0.326 e. The molecule has 1 saturated carbocycles. The predicted octanol–water partition coefficient (Wildman–Crippen LogP) is 2.62. The van der Waals surface area contributed by atoms with E-state index in [1.165, 1.54) is 24.0 Å². The Morgan fingerprint density at radius 2 is 1.92 bits per heavy atom. The Hall–Kier alpha value is -0.530. The number of hydrogen-bond donors (Lipinski definition) is 1. The van der Waals surface area contributed by atoms with Crippen molar-refractivity contribution in [2.45, 2.75) is 31.7 Å². The van der Waals surface area contributed by atoms with E-state index >= 15 is 0 Å². The van der Waals surface area contributed by atoms with E-state index in [2.05, 4.69) is 31.2 Å². The van der Waals surface area contributed by atoms with Gasteiger partial charge < -0.3 is 5.73 Å². The van der Waals surface area contributed by atoms with Crippen LogP contribution in [-0.4, -0.2) is 0 Å². The molecule has 13 heavy (non-hydrogen) atoms. The molecule has 1 aliphatic carbocycles. The molecule has 1 nitrogen and oxygen atoms in total. The second kappa shape index (κ2) is 3.69. The van der Waals surface area contributed by atoms with Gasteiger partial charge in [-0.15, -0.1) is 12.4 Å². The minimum absolute atomic E-state index is 0. The maximum atomic E-state index is 5.68. The molecule has 0 saturated heterocycles. The molecule has 0 radical (unpaired) electrons. The molecule has 0 bridgehead atoms. The van der Waals surface area contributed by atoms with Crippen molar-refractivity contribution < 1.29 is 0 Å². The maximum Gasteiger partial charge on any atom is 0.0181 e. The van der Waals surface area contributed by atoms with E-state index in [9.17, 15) is 0 Å². The normalized spacial score (nSPS) is 17.7. The number of rotatable bonds is 2. The van der Waals surface area contributed by atoms with E-state index in [-0.39, 0.29) is 12.4 Å². The fraction of sp³-hybridized carbons (Fsp3) is 0.455. The van der Waals surface area contributed by atoms with Crippen molar-refractivity contribution in [3.8, 4) is 0 Å². The summed E-state index contributed by atoms with van der Waals surface area (Å²) in [4.78, 5) is 0. The summed E-state index contributed by atoms with van der Waals surface area (Å²) in [7, 11) is 0. The van der Waals surface area contributed by atoms with E-state index in [1.807, 2.05) is 0 Å². The van der Waals surface area contributed by atoms with Gasteiger partial charge in [-0.1, -0.05) is 31.2 Å². The zero-order valence-corrected chi connectivity index (χ0v) is 8.73. The molecule has 1 aromatic rings. The van der Waals surface area contributed by atoms with E-state index in [4.69, 9.17) is 5.73 Å². The summed E-state index contributed by atoms with van der Waals surface area (Å²) in [5.74, 6) is 0. The molecular formula is C11H16ClN. The molecule has 0 amide bonds. The fourth-order valence-corrected chi connectivity index (χ4v) is 1.74. The molecule has 1 aromatic carbocycles. The summed E-state index contributed by atoms with van der Waals surface area (Å²) in [6.07, 6.45) is 2.65. The SMILES string of the molecule is CC1(c2ccccc2CN)CC1.Cl. The number of nitrogens with two attached hydrogens (primary N) is 1. The second-order valence-electron chi connectivity index (χ2n) is 3.92. The van der Waals surface area contributed by atoms with E-state index in [1.54, 1.807) is 0 Å². The van der Waals surface area contributed by atoms with Crippen LogP contribution < -0.4 is 5.73 Å². The second-order valence-corrected chi connectivity index (χ2v) is 3.92. The Balaban J connectivity index is 0.000000845. The molecule has 1 fully saturated rings. The molecule has 72 valence electrons. The average Bonchev–Trinajstić information content (AvgIpc) is 2.85. The Labute approximate surface area is 85.7 Å². The van der Waals surface area contributed by atoms with Crippen LogP contribution in [-0.2, 0) is 12.0 Å². The number of halogens is 1. The van der Waals surface area contributed by atoms with E-state index in [0.717, 1.165) is 0 Å². The van der Waals surface area contributed by atoms with Crippen molar-refractivity contribution in [2.24, 2.45) is 5.73 Å². The minimum atomic E-state index is 0. The smallest absolute Gasteiger partial charge is 0.0181 e. The van der Waals surface area contributed by atoms with Gasteiger partial charge in [-0.3, -0.25) is 0 Å². The van der Waals surface area contributed by atoms with Crippen LogP contribution in [0.1, 0.15) is 30.9 Å². The first-order valence-corrected chi connectivity index (χ1v) is 4.55. The number of benzene rings is 1. The Morgan fingerprint density at radius 1 is 1.31 bits per heavy atom. The van der Waals surface area contributed by atoms with Crippen molar-refractivity contribution >= 4 is 12.4 Å². The standard InChI is InChI=1S/C11H15N.ClH/c1-11(6-7-11)10-5-3-2-4-9(10)8-12;/h2-5H,6-8,12H2,1H3;1H. The van der Waals surface area contributed by atoms with Crippen LogP contribution in [0.3, 0.4) is 0 Å². The summed E-state index contributed by atoms with van der Waals surface area (Å²) in [6.45, 7) is 2.99. The first kappa shape index (κ1) is 10.6. The molecule has 2 rings (SSSR count). The Kier molecular flexibility index (Phi) is 2.99. The first-order chi connectivity index (χ1) is 5.76. The van der Waals surface area contributed by atoms with Crippen molar-refractivity contribution in [2.75, 3.05) is 0 Å². The van der Waals surface area contributed by atoms with Crippen LogP contribution in [0.4, 0.5) is 0 Å². The molecule has 1 aliphatic rings. The molecule has 0 unspecified atom stereocenters. The zero-order valence-electron chi connectivity index (χ0n) is 7.92. The van der Waals surface area contributed by atoms with Gasteiger partial charge in [-0.05, 0) is 29.4 Å². The van der Waals surface area contributed by atoms with Gasteiger partial charge in [0.2, 0.25) is 0 Å². The van der Waals surface area contributed by atoms with Crippen molar-refractivity contribution in [3.05, 3.63) is 35.4 Å². The molecule has 0 aliphatic heterocycles. The van der Waals surface area contributed by atoms with Crippen molar-refractivity contribution in [1.82, 2.24) is 0 Å². The lowest BCUT2D eigenvalue weighted by molar-refractivity contribution is 0.768. The lowest BCUT2D eigenvalue weighted by Gasteiger charge is -2.13. The van der Waals surface area contributed by atoms with E-state index in [0.29, 0.717) is 12.0 Å². The first-order valence-electron chi connectivity index (χ1n) is 4.55. The maximum absolute atomic E-state index is 5.68. The van der Waals surface area contributed by atoms with Crippen LogP contribution >= 0.6 is 12.4 Å². The fourth-order valence-electron chi connectivity index (χ4n) is 1.74. The van der Waals surface area contributed by atoms with E-state index < -0.39 is 0 Å². The van der Waals surface area contributed by atoms with Crippen LogP contribution in [0.2, 0.25) is 0 Å². The lowest BCUT2D eigenvalue weighted by Crippen LogP contribution is -2.08. The van der Waals surface area contributed by atoms with Gasteiger partial charge in [0.1, 0.15) is 0 Å². The highest BCUT2D eigenvalue weighted by molar-refractivity contribution is 5.85. The van der Waals surface area contributed by atoms with Crippen LogP contribution in [0, 0.1) is 0 Å².